The van der Waals surface area contributed by atoms with Gasteiger partial charge in [-0.05, 0) is 12.1 Å². The number of hydrogen-bond acceptors (Lipinski definition) is 5. The number of rotatable bonds is 2. The van der Waals surface area contributed by atoms with E-state index in [-0.39, 0.29) is 5.15 Å². The van der Waals surface area contributed by atoms with Crippen molar-refractivity contribution in [2.24, 2.45) is 0 Å². The summed E-state index contributed by atoms with van der Waals surface area (Å²) in [5.74, 6) is -0.480. The van der Waals surface area contributed by atoms with Gasteiger partial charge in [-0.15, -0.1) is 11.3 Å². The lowest BCUT2D eigenvalue weighted by atomic mass is 10.3. The Balaban J connectivity index is 2.17. The van der Waals surface area contributed by atoms with Gasteiger partial charge in [0.15, 0.2) is 10.0 Å². The Bertz CT molecular complexity index is 765. The third-order valence-electron chi connectivity index (χ3n) is 2.60. The van der Waals surface area contributed by atoms with Gasteiger partial charge in [-0.2, -0.15) is 0 Å². The Kier molecular flexibility index (Phi) is 2.96. The van der Waals surface area contributed by atoms with Gasteiger partial charge >= 0.3 is 5.97 Å². The van der Waals surface area contributed by atoms with Crippen LogP contribution in [0, 0.1) is 0 Å². The quantitative estimate of drug-likeness (QED) is 0.682. The summed E-state index contributed by atoms with van der Waals surface area (Å²) in [5, 5.41) is 0.804. The fraction of sp³-hybridized carbons (Fsp3) is 0.0833. The summed E-state index contributed by atoms with van der Waals surface area (Å²) in [5.41, 5.74) is 1.64. The number of hydrogen-bond donors (Lipinski definition) is 0. The number of carbonyl (C=O) groups excluding carboxylic acids is 1. The smallest absolute Gasteiger partial charge is 0.351 e. The number of nitrogens with zero attached hydrogens (tertiary/aromatic N) is 3. The van der Waals surface area contributed by atoms with Crippen LogP contribution in [0.5, 0.6) is 0 Å². The van der Waals surface area contributed by atoms with E-state index in [0.717, 1.165) is 11.3 Å². The van der Waals surface area contributed by atoms with Crippen LogP contribution >= 0.6 is 22.9 Å². The standard InChI is InChI=1S/C12H8ClN3O2S/c1-18-12(17)9-10(13)15-11(19-9)7-3-2-4-8-14-5-6-16(7)8/h2-6H,1H3. The van der Waals surface area contributed by atoms with E-state index >= 15 is 0 Å². The predicted octanol–water partition coefficient (Wildman–Crippen LogP) is 2.90. The SMILES string of the molecule is COC(=O)c1sc(-c2cccc3nccn23)nc1Cl. The highest BCUT2D eigenvalue weighted by atomic mass is 35.5. The van der Waals surface area contributed by atoms with Gasteiger partial charge in [-0.25, -0.2) is 14.8 Å². The molecule has 0 aliphatic heterocycles. The molecule has 3 rings (SSSR count). The van der Waals surface area contributed by atoms with Crippen molar-refractivity contribution in [3.8, 4) is 10.7 Å². The van der Waals surface area contributed by atoms with Crippen LogP contribution in [0.25, 0.3) is 16.3 Å². The monoisotopic (exact) mass is 293 g/mol. The molecule has 0 amide bonds. The summed E-state index contributed by atoms with van der Waals surface area (Å²) in [4.78, 5) is 20.3. The Hall–Kier alpha value is -1.92. The number of esters is 1. The Morgan fingerprint density at radius 2 is 2.32 bits per heavy atom. The number of pyridine rings is 1. The van der Waals surface area contributed by atoms with Crippen LogP contribution in [0.4, 0.5) is 0 Å². The number of imidazole rings is 1. The number of ether oxygens (including phenoxy) is 1. The van der Waals surface area contributed by atoms with Crippen LogP contribution in [0.1, 0.15) is 9.67 Å². The molecule has 0 saturated heterocycles. The first-order valence-electron chi connectivity index (χ1n) is 5.38. The molecule has 0 fully saturated rings. The molecular formula is C12H8ClN3O2S. The summed E-state index contributed by atoms with van der Waals surface area (Å²) in [6.45, 7) is 0. The van der Waals surface area contributed by atoms with Crippen LogP contribution in [-0.2, 0) is 4.74 Å². The van der Waals surface area contributed by atoms with Crippen molar-refractivity contribution in [2.75, 3.05) is 7.11 Å². The van der Waals surface area contributed by atoms with Gasteiger partial charge in [0.25, 0.3) is 0 Å². The molecule has 5 nitrogen and oxygen atoms in total. The molecule has 0 aliphatic rings. The van der Waals surface area contributed by atoms with Gasteiger partial charge < -0.3 is 4.74 Å². The Morgan fingerprint density at radius 3 is 3.11 bits per heavy atom. The van der Waals surface area contributed by atoms with Crippen LogP contribution < -0.4 is 0 Å². The van der Waals surface area contributed by atoms with E-state index in [4.69, 9.17) is 11.6 Å². The van der Waals surface area contributed by atoms with Crippen molar-refractivity contribution < 1.29 is 9.53 Å². The summed E-state index contributed by atoms with van der Waals surface area (Å²) in [7, 11) is 1.31. The van der Waals surface area contributed by atoms with Crippen molar-refractivity contribution in [3.05, 3.63) is 40.6 Å². The minimum Gasteiger partial charge on any atom is -0.465 e. The normalized spacial score (nSPS) is 10.8. The average molecular weight is 294 g/mol. The molecule has 0 aliphatic carbocycles. The van der Waals surface area contributed by atoms with Gasteiger partial charge in [0.2, 0.25) is 0 Å². The van der Waals surface area contributed by atoms with Gasteiger partial charge in [0.1, 0.15) is 10.7 Å². The number of thiazole rings is 1. The topological polar surface area (TPSA) is 56.5 Å². The minimum atomic E-state index is -0.480. The number of carbonyl (C=O) groups is 1. The van der Waals surface area contributed by atoms with Crippen molar-refractivity contribution in [2.45, 2.75) is 0 Å². The highest BCUT2D eigenvalue weighted by Crippen LogP contribution is 2.31. The van der Waals surface area contributed by atoms with Crippen LogP contribution in [0.15, 0.2) is 30.6 Å². The third-order valence-corrected chi connectivity index (χ3v) is 4.05. The van der Waals surface area contributed by atoms with Crippen LogP contribution in [0.3, 0.4) is 0 Å². The molecule has 0 aromatic carbocycles. The maximum atomic E-state index is 11.5. The molecule has 3 aromatic rings. The Morgan fingerprint density at radius 1 is 1.47 bits per heavy atom. The summed E-state index contributed by atoms with van der Waals surface area (Å²) in [6, 6.07) is 5.66. The molecule has 7 heteroatoms. The number of methoxy groups -OCH3 is 1. The van der Waals surface area contributed by atoms with Crippen molar-refractivity contribution >= 4 is 34.6 Å². The molecule has 3 aromatic heterocycles. The molecule has 3 heterocycles. The zero-order valence-electron chi connectivity index (χ0n) is 9.83. The second kappa shape index (κ2) is 4.64. The highest BCUT2D eigenvalue weighted by Gasteiger charge is 2.19. The lowest BCUT2D eigenvalue weighted by Gasteiger charge is -2.00. The summed E-state index contributed by atoms with van der Waals surface area (Å²) < 4.78 is 6.55. The van der Waals surface area contributed by atoms with Crippen LogP contribution in [0.2, 0.25) is 5.15 Å². The van der Waals surface area contributed by atoms with Crippen LogP contribution in [-0.4, -0.2) is 27.4 Å². The van der Waals surface area contributed by atoms with E-state index in [1.807, 2.05) is 28.8 Å². The highest BCUT2D eigenvalue weighted by molar-refractivity contribution is 7.17. The van der Waals surface area contributed by atoms with E-state index in [2.05, 4.69) is 14.7 Å². The number of aromatic nitrogens is 3. The first kappa shape index (κ1) is 12.1. The first-order chi connectivity index (χ1) is 9.20. The fourth-order valence-corrected chi connectivity index (χ4v) is 2.98. The lowest BCUT2D eigenvalue weighted by Crippen LogP contribution is -1.98. The fourth-order valence-electron chi connectivity index (χ4n) is 1.75. The second-order valence-electron chi connectivity index (χ2n) is 3.70. The zero-order chi connectivity index (χ0) is 13.4. The molecular weight excluding hydrogens is 286 g/mol. The molecule has 0 spiro atoms. The maximum absolute atomic E-state index is 11.5. The van der Waals surface area contributed by atoms with Crippen molar-refractivity contribution in [1.29, 1.82) is 0 Å². The largest absolute Gasteiger partial charge is 0.465 e. The van der Waals surface area contributed by atoms with Gasteiger partial charge in [-0.1, -0.05) is 17.7 Å². The molecule has 96 valence electrons. The molecule has 0 radical (unpaired) electrons. The van der Waals surface area contributed by atoms with Crippen molar-refractivity contribution in [3.63, 3.8) is 0 Å². The molecule has 0 atom stereocenters. The Labute approximate surface area is 117 Å². The number of halogens is 1. The van der Waals surface area contributed by atoms with E-state index in [0.29, 0.717) is 9.88 Å². The summed E-state index contributed by atoms with van der Waals surface area (Å²) in [6.07, 6.45) is 3.53. The number of fused-ring (bicyclic) bond motifs is 1. The van der Waals surface area contributed by atoms with Gasteiger partial charge in [0, 0.05) is 12.4 Å². The van der Waals surface area contributed by atoms with Gasteiger partial charge in [-0.3, -0.25) is 4.40 Å². The zero-order valence-corrected chi connectivity index (χ0v) is 11.4. The first-order valence-corrected chi connectivity index (χ1v) is 6.57. The molecule has 0 unspecified atom stereocenters. The third kappa shape index (κ3) is 1.98. The molecule has 0 bridgehead atoms. The molecule has 19 heavy (non-hydrogen) atoms. The average Bonchev–Trinajstić information content (AvgIpc) is 3.03. The predicted molar refractivity (Wildman–Crippen MR) is 72.6 cm³/mol. The summed E-state index contributed by atoms with van der Waals surface area (Å²) >= 11 is 7.16. The van der Waals surface area contributed by atoms with E-state index in [1.165, 1.54) is 18.4 Å². The van der Waals surface area contributed by atoms with E-state index < -0.39 is 5.97 Å². The van der Waals surface area contributed by atoms with Gasteiger partial charge in [0.05, 0.1) is 12.8 Å². The maximum Gasteiger partial charge on any atom is 0.351 e. The molecule has 0 N–H and O–H groups in total. The molecule has 0 saturated carbocycles. The van der Waals surface area contributed by atoms with E-state index in [9.17, 15) is 4.79 Å². The van der Waals surface area contributed by atoms with Crippen molar-refractivity contribution in [1.82, 2.24) is 14.4 Å². The second-order valence-corrected chi connectivity index (χ2v) is 5.05. The minimum absolute atomic E-state index is 0.156. The van der Waals surface area contributed by atoms with E-state index in [1.54, 1.807) is 6.20 Å². The lowest BCUT2D eigenvalue weighted by molar-refractivity contribution is 0.0606.